The van der Waals surface area contributed by atoms with Gasteiger partial charge < -0.3 is 9.32 Å². The van der Waals surface area contributed by atoms with Crippen molar-refractivity contribution >= 4 is 82.1 Å². The van der Waals surface area contributed by atoms with Gasteiger partial charge in [-0.2, -0.15) is 0 Å². The summed E-state index contributed by atoms with van der Waals surface area (Å²) in [4.78, 5) is 2.40. The molecule has 0 fully saturated rings. The van der Waals surface area contributed by atoms with Gasteiger partial charge in [0.15, 0.2) is 5.58 Å². The molecule has 0 aliphatic heterocycles. The van der Waals surface area contributed by atoms with Crippen LogP contribution in [0.4, 0.5) is 17.1 Å². The molecule has 0 N–H and O–H groups in total. The highest BCUT2D eigenvalue weighted by molar-refractivity contribution is 6.23. The first kappa shape index (κ1) is 35.0. The summed E-state index contributed by atoms with van der Waals surface area (Å²) < 4.78 is 7.00. The van der Waals surface area contributed by atoms with Crippen LogP contribution in [0.1, 0.15) is 5.56 Å². The fourth-order valence-corrected chi connectivity index (χ4v) is 9.39. The zero-order valence-electron chi connectivity index (χ0n) is 33.6. The van der Waals surface area contributed by atoms with E-state index in [1.54, 1.807) is 0 Å². The first-order valence-electron chi connectivity index (χ1n) is 21.0. The molecule has 0 unspecified atom stereocenters. The Kier molecular flexibility index (Phi) is 8.11. The Morgan fingerprint density at radius 2 is 0.820 bits per heavy atom. The Morgan fingerprint density at radius 1 is 0.328 bits per heavy atom. The second-order valence-electron chi connectivity index (χ2n) is 16.2. The van der Waals surface area contributed by atoms with Crippen LogP contribution in [0.15, 0.2) is 223 Å². The van der Waals surface area contributed by atoms with Gasteiger partial charge in [-0.05, 0) is 132 Å². The van der Waals surface area contributed by atoms with Crippen LogP contribution in [-0.2, 0) is 0 Å². The number of hydrogen-bond donors (Lipinski definition) is 0. The van der Waals surface area contributed by atoms with Crippen molar-refractivity contribution in [2.24, 2.45) is 0 Å². The lowest BCUT2D eigenvalue weighted by atomic mass is 9.96. The van der Waals surface area contributed by atoms with Crippen LogP contribution < -0.4 is 4.90 Å². The molecule has 12 rings (SSSR count). The van der Waals surface area contributed by atoms with Gasteiger partial charge in [0.25, 0.3) is 0 Å². The molecule has 11 aromatic carbocycles. The number of anilines is 3. The van der Waals surface area contributed by atoms with E-state index in [1.807, 2.05) is 0 Å². The first-order chi connectivity index (χ1) is 30.1. The molecule has 0 radical (unpaired) electrons. The van der Waals surface area contributed by atoms with Crippen LogP contribution in [0.2, 0.25) is 0 Å². The van der Waals surface area contributed by atoms with Crippen molar-refractivity contribution in [3.63, 3.8) is 0 Å². The van der Waals surface area contributed by atoms with E-state index in [4.69, 9.17) is 4.42 Å². The van der Waals surface area contributed by atoms with Gasteiger partial charge >= 0.3 is 0 Å². The summed E-state index contributed by atoms with van der Waals surface area (Å²) in [5, 5.41) is 12.0. The molecule has 0 amide bonds. The van der Waals surface area contributed by atoms with Crippen molar-refractivity contribution in [2.75, 3.05) is 4.90 Å². The average molecular weight is 778 g/mol. The van der Waals surface area contributed by atoms with E-state index < -0.39 is 0 Å². The Morgan fingerprint density at radius 3 is 1.51 bits per heavy atom. The molecule has 0 atom stereocenters. The van der Waals surface area contributed by atoms with Gasteiger partial charge in [-0.25, -0.2) is 0 Å². The number of hydrogen-bond acceptors (Lipinski definition) is 2. The molecule has 0 saturated heterocycles. The quantitative estimate of drug-likeness (QED) is 0.167. The lowest BCUT2D eigenvalue weighted by Gasteiger charge is -2.28. The van der Waals surface area contributed by atoms with E-state index in [0.717, 1.165) is 61.3 Å². The normalized spacial score (nSPS) is 11.7. The molecule has 2 heteroatoms. The molecule has 1 heterocycles. The van der Waals surface area contributed by atoms with Crippen LogP contribution in [0.5, 0.6) is 0 Å². The Labute approximate surface area is 354 Å². The SMILES string of the molecule is Cc1cccc2c1oc1c(N(c3ccc(-c4ccc5cc(-c6ccc7ccccc7c6)ccc5c4)cc3)c3ccccc3-c3ccc4ccccc4c3)cc3ccccc3c12. The summed E-state index contributed by atoms with van der Waals surface area (Å²) in [6.07, 6.45) is 0. The predicted molar refractivity (Wildman–Crippen MR) is 259 cm³/mol. The molecule has 0 aliphatic carbocycles. The number of fused-ring (bicyclic) bond motifs is 8. The molecule has 0 saturated carbocycles. The topological polar surface area (TPSA) is 16.4 Å². The molecule has 0 spiro atoms. The molecule has 286 valence electrons. The number of furan rings is 1. The van der Waals surface area contributed by atoms with Crippen LogP contribution in [0, 0.1) is 6.92 Å². The monoisotopic (exact) mass is 777 g/mol. The van der Waals surface area contributed by atoms with Crippen molar-refractivity contribution in [1.82, 2.24) is 0 Å². The van der Waals surface area contributed by atoms with Crippen molar-refractivity contribution < 1.29 is 4.42 Å². The highest BCUT2D eigenvalue weighted by atomic mass is 16.3. The maximum atomic E-state index is 7.00. The minimum Gasteiger partial charge on any atom is -0.454 e. The largest absolute Gasteiger partial charge is 0.454 e. The fraction of sp³-hybridized carbons (Fsp3) is 0.0169. The van der Waals surface area contributed by atoms with Gasteiger partial charge in [0.05, 0.1) is 11.4 Å². The summed E-state index contributed by atoms with van der Waals surface area (Å²) in [6.45, 7) is 2.13. The van der Waals surface area contributed by atoms with Crippen molar-refractivity contribution in [3.8, 4) is 33.4 Å². The second-order valence-corrected chi connectivity index (χ2v) is 16.2. The maximum absolute atomic E-state index is 7.00. The molecule has 0 aliphatic rings. The average Bonchev–Trinajstić information content (AvgIpc) is 3.73. The maximum Gasteiger partial charge on any atom is 0.160 e. The molecule has 2 nitrogen and oxygen atoms in total. The lowest BCUT2D eigenvalue weighted by Crippen LogP contribution is -2.11. The Bertz CT molecular complexity index is 3670. The van der Waals surface area contributed by atoms with E-state index in [9.17, 15) is 0 Å². The smallest absolute Gasteiger partial charge is 0.160 e. The van der Waals surface area contributed by atoms with Gasteiger partial charge in [0.2, 0.25) is 0 Å². The molecule has 12 aromatic rings. The number of benzene rings is 11. The summed E-state index contributed by atoms with van der Waals surface area (Å²) in [6, 6.07) is 79.5. The van der Waals surface area contributed by atoms with Crippen LogP contribution in [-0.4, -0.2) is 0 Å². The zero-order valence-corrected chi connectivity index (χ0v) is 33.6. The van der Waals surface area contributed by atoms with E-state index in [0.29, 0.717) is 0 Å². The summed E-state index contributed by atoms with van der Waals surface area (Å²) >= 11 is 0. The van der Waals surface area contributed by atoms with Gasteiger partial charge in [0.1, 0.15) is 5.58 Å². The summed E-state index contributed by atoms with van der Waals surface area (Å²) in [5.41, 5.74) is 13.1. The third-order valence-corrected chi connectivity index (χ3v) is 12.5. The predicted octanol–water partition coefficient (Wildman–Crippen LogP) is 17.0. The molecule has 61 heavy (non-hydrogen) atoms. The van der Waals surface area contributed by atoms with Crippen LogP contribution >= 0.6 is 0 Å². The molecule has 1 aromatic heterocycles. The van der Waals surface area contributed by atoms with Gasteiger partial charge in [-0.15, -0.1) is 0 Å². The minimum atomic E-state index is 0.873. The minimum absolute atomic E-state index is 0.873. The molecule has 0 bridgehead atoms. The molecular formula is C59H39NO. The second kappa shape index (κ2) is 14.1. The van der Waals surface area contributed by atoms with E-state index in [1.165, 1.54) is 59.8 Å². The highest BCUT2D eigenvalue weighted by Gasteiger charge is 2.24. The Balaban J connectivity index is 1.01. The van der Waals surface area contributed by atoms with E-state index >= 15 is 0 Å². The highest BCUT2D eigenvalue weighted by Crippen LogP contribution is 2.48. The third-order valence-electron chi connectivity index (χ3n) is 12.5. The number of aryl methyl sites for hydroxylation is 1. The van der Waals surface area contributed by atoms with Crippen molar-refractivity contribution in [1.29, 1.82) is 0 Å². The number of para-hydroxylation sites is 2. The van der Waals surface area contributed by atoms with E-state index in [2.05, 4.69) is 230 Å². The summed E-state index contributed by atoms with van der Waals surface area (Å²) in [7, 11) is 0. The zero-order chi connectivity index (χ0) is 40.4. The van der Waals surface area contributed by atoms with Crippen LogP contribution in [0.3, 0.4) is 0 Å². The van der Waals surface area contributed by atoms with Crippen molar-refractivity contribution in [3.05, 3.63) is 224 Å². The van der Waals surface area contributed by atoms with Crippen molar-refractivity contribution in [2.45, 2.75) is 6.92 Å². The molecular weight excluding hydrogens is 739 g/mol. The first-order valence-corrected chi connectivity index (χ1v) is 21.0. The Hall–Kier alpha value is -7.94. The number of nitrogens with zero attached hydrogens (tertiary/aromatic N) is 1. The van der Waals surface area contributed by atoms with Crippen LogP contribution in [0.25, 0.3) is 98.4 Å². The van der Waals surface area contributed by atoms with Gasteiger partial charge in [-0.1, -0.05) is 170 Å². The number of rotatable bonds is 6. The lowest BCUT2D eigenvalue weighted by molar-refractivity contribution is 0.666. The fourth-order valence-electron chi connectivity index (χ4n) is 9.39. The third kappa shape index (κ3) is 5.95. The van der Waals surface area contributed by atoms with E-state index in [-0.39, 0.29) is 0 Å². The standard InChI is InChI=1S/C59H39NO/c1-38-11-10-19-54-57-53-18-7-6-16-49(53)37-56(59(57)61-58(38)54)60(55-20-9-8-17-52(55)50-28-22-40-13-3-5-15-43(40)36-50)51-31-29-41(30-32-51)44-24-25-47-35-48(27-26-46(47)34-44)45-23-21-39-12-2-4-14-42(39)33-45/h2-37H,1H3. The van der Waals surface area contributed by atoms with Gasteiger partial charge in [0, 0.05) is 22.0 Å². The van der Waals surface area contributed by atoms with Gasteiger partial charge in [-0.3, -0.25) is 0 Å². The summed E-state index contributed by atoms with van der Waals surface area (Å²) in [5.74, 6) is 0.